The molecule has 33 heavy (non-hydrogen) atoms. The van der Waals surface area contributed by atoms with E-state index in [2.05, 4.69) is 28.9 Å². The van der Waals surface area contributed by atoms with E-state index in [1.165, 1.54) is 15.4 Å². The highest BCUT2D eigenvalue weighted by Crippen LogP contribution is 2.29. The summed E-state index contributed by atoms with van der Waals surface area (Å²) in [7, 11) is 2.14. The molecule has 0 amide bonds. The molecule has 2 aromatic rings. The van der Waals surface area contributed by atoms with Gasteiger partial charge < -0.3 is 24.4 Å². The predicted molar refractivity (Wildman–Crippen MR) is 128 cm³/mol. The number of imidazole rings is 1. The smallest absolute Gasteiger partial charge is 0.351 e. The summed E-state index contributed by atoms with van der Waals surface area (Å²) < 4.78 is 14.2. The summed E-state index contributed by atoms with van der Waals surface area (Å²) in [6.07, 6.45) is 4.83. The maximum Gasteiger partial charge on any atom is 0.351 e. The van der Waals surface area contributed by atoms with Crippen molar-refractivity contribution >= 4 is 5.71 Å². The van der Waals surface area contributed by atoms with Gasteiger partial charge in [-0.1, -0.05) is 13.3 Å². The van der Waals surface area contributed by atoms with Crippen LogP contribution in [0.5, 0.6) is 17.4 Å². The van der Waals surface area contributed by atoms with E-state index in [4.69, 9.17) is 9.47 Å². The molecule has 1 aromatic carbocycles. The van der Waals surface area contributed by atoms with E-state index in [0.717, 1.165) is 74.8 Å². The molecule has 2 aliphatic rings. The summed E-state index contributed by atoms with van der Waals surface area (Å²) in [6.45, 7) is 8.86. The molecule has 3 heterocycles. The van der Waals surface area contributed by atoms with Crippen molar-refractivity contribution in [1.29, 1.82) is 0 Å². The van der Waals surface area contributed by atoms with Gasteiger partial charge in [-0.25, -0.2) is 4.79 Å². The van der Waals surface area contributed by atoms with Gasteiger partial charge in [0, 0.05) is 44.7 Å². The van der Waals surface area contributed by atoms with Gasteiger partial charge in [0.05, 0.1) is 25.1 Å². The number of likely N-dealkylation sites (N-methyl/N-ethyl adjacent to an activating group) is 1. The van der Waals surface area contributed by atoms with Crippen molar-refractivity contribution in [2.24, 2.45) is 5.10 Å². The van der Waals surface area contributed by atoms with E-state index >= 15 is 0 Å². The quantitative estimate of drug-likeness (QED) is 0.582. The standard InChI is InChI=1S/C24H35N5O4/c1-3-4-15-32-19-6-7-22-20(17-19)21(8-16-33-22)25-29-18-23(30)28(24(29)31)10-5-9-27-13-11-26(2)12-14-27/h6-7,17-18,30H,3-5,8-16H2,1-2H3/b25-21+. The van der Waals surface area contributed by atoms with Crippen LogP contribution in [-0.4, -0.2) is 82.8 Å². The minimum atomic E-state index is -0.332. The Morgan fingerprint density at radius 3 is 2.76 bits per heavy atom. The normalized spacial score (nSPS) is 18.3. The number of piperazine rings is 1. The van der Waals surface area contributed by atoms with Crippen LogP contribution < -0.4 is 15.2 Å². The van der Waals surface area contributed by atoms with Gasteiger partial charge in [0.1, 0.15) is 11.5 Å². The number of benzene rings is 1. The average Bonchev–Trinajstić information content (AvgIpc) is 3.08. The Hall–Kier alpha value is -2.78. The number of aromatic nitrogens is 2. The van der Waals surface area contributed by atoms with Crippen molar-refractivity contribution in [1.82, 2.24) is 19.0 Å². The third kappa shape index (κ3) is 5.78. The molecule has 9 heteroatoms. The van der Waals surface area contributed by atoms with Crippen LogP contribution in [0.3, 0.4) is 0 Å². The van der Waals surface area contributed by atoms with Crippen molar-refractivity contribution in [3.05, 3.63) is 40.4 Å². The number of fused-ring (bicyclic) bond motifs is 1. The first kappa shape index (κ1) is 23.4. The van der Waals surface area contributed by atoms with E-state index in [1.54, 1.807) is 0 Å². The molecule has 0 bridgehead atoms. The van der Waals surface area contributed by atoms with Gasteiger partial charge >= 0.3 is 5.69 Å². The topological polar surface area (TPSA) is 84.5 Å². The van der Waals surface area contributed by atoms with Gasteiger partial charge in [-0.05, 0) is 44.6 Å². The Balaban J connectivity index is 1.46. The van der Waals surface area contributed by atoms with Crippen molar-refractivity contribution in [3.63, 3.8) is 0 Å². The van der Waals surface area contributed by atoms with Gasteiger partial charge in [-0.3, -0.25) is 4.57 Å². The number of nitrogens with zero attached hydrogens (tertiary/aromatic N) is 5. The number of hydrogen-bond donors (Lipinski definition) is 1. The maximum absolute atomic E-state index is 12.9. The number of ether oxygens (including phenoxy) is 2. The molecule has 0 saturated carbocycles. The third-order valence-electron chi connectivity index (χ3n) is 6.25. The second-order valence-corrected chi connectivity index (χ2v) is 8.77. The Bertz CT molecular complexity index is 1020. The lowest BCUT2D eigenvalue weighted by Crippen LogP contribution is -2.44. The van der Waals surface area contributed by atoms with Crippen LogP contribution in [0.2, 0.25) is 0 Å². The van der Waals surface area contributed by atoms with Crippen LogP contribution in [0.25, 0.3) is 0 Å². The summed E-state index contributed by atoms with van der Waals surface area (Å²) >= 11 is 0. The number of hydrogen-bond acceptors (Lipinski definition) is 7. The monoisotopic (exact) mass is 457 g/mol. The number of rotatable bonds is 9. The van der Waals surface area contributed by atoms with Crippen LogP contribution in [-0.2, 0) is 6.54 Å². The van der Waals surface area contributed by atoms with Crippen LogP contribution in [0.4, 0.5) is 0 Å². The Labute approximate surface area is 194 Å². The van der Waals surface area contributed by atoms with E-state index < -0.39 is 0 Å². The molecule has 4 rings (SSSR count). The molecule has 1 N–H and O–H groups in total. The Kier molecular flexibility index (Phi) is 7.72. The van der Waals surface area contributed by atoms with Crippen LogP contribution in [0.1, 0.15) is 38.2 Å². The molecule has 1 fully saturated rings. The van der Waals surface area contributed by atoms with Crippen molar-refractivity contribution < 1.29 is 14.6 Å². The van der Waals surface area contributed by atoms with Crippen molar-refractivity contribution in [3.8, 4) is 17.4 Å². The van der Waals surface area contributed by atoms with Gasteiger partial charge in [0.15, 0.2) is 0 Å². The molecule has 0 radical (unpaired) electrons. The second kappa shape index (κ2) is 10.9. The molecule has 0 aliphatic carbocycles. The fourth-order valence-electron chi connectivity index (χ4n) is 4.17. The molecular formula is C24H35N5O4. The second-order valence-electron chi connectivity index (χ2n) is 8.77. The average molecular weight is 458 g/mol. The zero-order chi connectivity index (χ0) is 23.2. The Morgan fingerprint density at radius 2 is 1.97 bits per heavy atom. The van der Waals surface area contributed by atoms with Gasteiger partial charge in [-0.2, -0.15) is 9.78 Å². The van der Waals surface area contributed by atoms with Gasteiger partial charge in [0.25, 0.3) is 0 Å². The van der Waals surface area contributed by atoms with Crippen molar-refractivity contribution in [2.45, 2.75) is 39.2 Å². The molecule has 1 aromatic heterocycles. The van der Waals surface area contributed by atoms with Gasteiger partial charge in [-0.15, -0.1) is 0 Å². The summed E-state index contributed by atoms with van der Waals surface area (Å²) in [5, 5.41) is 15.0. The summed E-state index contributed by atoms with van der Waals surface area (Å²) in [4.78, 5) is 17.6. The molecule has 0 unspecified atom stereocenters. The first-order valence-corrected chi connectivity index (χ1v) is 11.9. The van der Waals surface area contributed by atoms with E-state index in [9.17, 15) is 9.90 Å². The van der Waals surface area contributed by atoms with E-state index in [1.807, 2.05) is 18.2 Å². The number of aromatic hydroxyl groups is 1. The van der Waals surface area contributed by atoms with Crippen molar-refractivity contribution in [2.75, 3.05) is 53.0 Å². The van der Waals surface area contributed by atoms with Gasteiger partial charge in [0.2, 0.25) is 5.88 Å². The fourth-order valence-corrected chi connectivity index (χ4v) is 4.17. The molecule has 0 spiro atoms. The molecule has 1 saturated heterocycles. The largest absolute Gasteiger partial charge is 0.494 e. The number of unbranched alkanes of at least 4 members (excludes halogenated alkanes) is 1. The third-order valence-corrected chi connectivity index (χ3v) is 6.25. The van der Waals surface area contributed by atoms with E-state index in [0.29, 0.717) is 26.2 Å². The minimum absolute atomic E-state index is 0.0633. The minimum Gasteiger partial charge on any atom is -0.494 e. The summed E-state index contributed by atoms with van der Waals surface area (Å²) in [6, 6.07) is 5.70. The highest BCUT2D eigenvalue weighted by Gasteiger charge is 2.20. The lowest BCUT2D eigenvalue weighted by Gasteiger charge is -2.32. The van der Waals surface area contributed by atoms with E-state index in [-0.39, 0.29) is 11.6 Å². The lowest BCUT2D eigenvalue weighted by molar-refractivity contribution is 0.151. The highest BCUT2D eigenvalue weighted by molar-refractivity contribution is 6.04. The Morgan fingerprint density at radius 1 is 1.15 bits per heavy atom. The molecular weight excluding hydrogens is 422 g/mol. The lowest BCUT2D eigenvalue weighted by atomic mass is 10.0. The molecule has 2 aliphatic heterocycles. The zero-order valence-corrected chi connectivity index (χ0v) is 19.7. The predicted octanol–water partition coefficient (Wildman–Crippen LogP) is 2.21. The fraction of sp³-hybridized carbons (Fsp3) is 0.583. The maximum atomic E-state index is 12.9. The van der Waals surface area contributed by atoms with Crippen LogP contribution in [0, 0.1) is 0 Å². The molecule has 180 valence electrons. The summed E-state index contributed by atoms with van der Waals surface area (Å²) in [5.41, 5.74) is 1.24. The first-order chi connectivity index (χ1) is 16.0. The first-order valence-electron chi connectivity index (χ1n) is 11.9. The van der Waals surface area contributed by atoms with Crippen LogP contribution in [0.15, 0.2) is 34.3 Å². The van der Waals surface area contributed by atoms with Crippen LogP contribution >= 0.6 is 0 Å². The summed E-state index contributed by atoms with van der Waals surface area (Å²) in [5.74, 6) is 1.43. The zero-order valence-electron chi connectivity index (χ0n) is 19.7. The highest BCUT2D eigenvalue weighted by atomic mass is 16.5. The molecule has 9 nitrogen and oxygen atoms in total. The molecule has 0 atom stereocenters. The SMILES string of the molecule is CCCCOc1ccc2c(c1)/C(=N/n1cc(O)n(CCCN3CCN(C)CC3)c1=O)CCO2.